The van der Waals surface area contributed by atoms with Gasteiger partial charge < -0.3 is 15.4 Å². The number of amides is 1. The number of carbonyl (C=O) groups excluding carboxylic acids is 1. The van der Waals surface area contributed by atoms with Crippen LogP contribution in [0.4, 0.5) is 5.82 Å². The van der Waals surface area contributed by atoms with Gasteiger partial charge in [-0.25, -0.2) is 4.98 Å². The fourth-order valence-corrected chi connectivity index (χ4v) is 1.59. The minimum absolute atomic E-state index is 0.0968. The first-order valence-electron chi connectivity index (χ1n) is 6.64. The quantitative estimate of drug-likeness (QED) is 0.740. The molecule has 1 heterocycles. The number of anilines is 1. The number of aromatic nitrogens is 1. The summed E-state index contributed by atoms with van der Waals surface area (Å²) in [5.41, 5.74) is 1.53. The predicted octanol–water partition coefficient (Wildman–Crippen LogP) is 2.01. The molecule has 0 bridgehead atoms. The van der Waals surface area contributed by atoms with Crippen LogP contribution in [0, 0.1) is 0 Å². The monoisotopic (exact) mass is 265 g/mol. The van der Waals surface area contributed by atoms with E-state index >= 15 is 0 Å². The van der Waals surface area contributed by atoms with Gasteiger partial charge in [0, 0.05) is 31.5 Å². The zero-order chi connectivity index (χ0) is 14.3. The maximum Gasteiger partial charge on any atom is 0.251 e. The third-order valence-corrected chi connectivity index (χ3v) is 2.69. The van der Waals surface area contributed by atoms with Gasteiger partial charge in [-0.05, 0) is 25.0 Å². The molecule has 0 saturated heterocycles. The van der Waals surface area contributed by atoms with Crippen molar-refractivity contribution in [3.63, 3.8) is 0 Å². The summed E-state index contributed by atoms with van der Waals surface area (Å²) in [5.74, 6) is 0.893. The molecule has 0 saturated carbocycles. The second-order valence-electron chi connectivity index (χ2n) is 4.52. The summed E-state index contributed by atoms with van der Waals surface area (Å²) in [4.78, 5) is 16.5. The summed E-state index contributed by atoms with van der Waals surface area (Å²) < 4.78 is 5.19. The topological polar surface area (TPSA) is 63.2 Å². The molecule has 5 heteroatoms. The number of nitrogens with one attached hydrogen (secondary N) is 2. The van der Waals surface area contributed by atoms with Crippen molar-refractivity contribution in [1.82, 2.24) is 10.3 Å². The van der Waals surface area contributed by atoms with E-state index in [0.717, 1.165) is 5.69 Å². The van der Waals surface area contributed by atoms with Gasteiger partial charge in [0.2, 0.25) is 0 Å². The highest BCUT2D eigenvalue weighted by atomic mass is 16.5. The minimum Gasteiger partial charge on any atom is -0.380 e. The summed E-state index contributed by atoms with van der Waals surface area (Å²) in [6, 6.07) is 3.59. The van der Waals surface area contributed by atoms with Gasteiger partial charge in [-0.3, -0.25) is 4.79 Å². The van der Waals surface area contributed by atoms with Crippen LogP contribution in [-0.4, -0.2) is 37.7 Å². The molecular formula is C14H23N3O2. The number of pyridine rings is 1. The Balaban J connectivity index is 2.75. The van der Waals surface area contributed by atoms with Crippen LogP contribution < -0.4 is 10.6 Å². The third kappa shape index (κ3) is 4.87. The van der Waals surface area contributed by atoms with Crippen molar-refractivity contribution in [2.75, 3.05) is 32.1 Å². The molecule has 106 valence electrons. The van der Waals surface area contributed by atoms with Crippen LogP contribution >= 0.6 is 0 Å². The summed E-state index contributed by atoms with van der Waals surface area (Å²) in [7, 11) is 1.79. The number of nitrogens with zero attached hydrogens (tertiary/aromatic N) is 1. The smallest absolute Gasteiger partial charge is 0.251 e. The lowest BCUT2D eigenvalue weighted by molar-refractivity contribution is 0.0922. The maximum atomic E-state index is 12.0. The van der Waals surface area contributed by atoms with Gasteiger partial charge in [0.25, 0.3) is 5.91 Å². The molecule has 0 atom stereocenters. The average molecular weight is 265 g/mol. The fourth-order valence-electron chi connectivity index (χ4n) is 1.59. The third-order valence-electron chi connectivity index (χ3n) is 2.69. The number of carbonyl (C=O) groups is 1. The summed E-state index contributed by atoms with van der Waals surface area (Å²) in [5, 5.41) is 5.81. The molecule has 19 heavy (non-hydrogen) atoms. The SMILES string of the molecule is CCOCCNC(=O)c1cc(NC)nc(C(C)C)c1. The van der Waals surface area contributed by atoms with Crippen molar-refractivity contribution >= 4 is 11.7 Å². The Bertz CT molecular complexity index is 419. The average Bonchev–Trinajstić information content (AvgIpc) is 2.42. The first-order chi connectivity index (χ1) is 9.08. The van der Waals surface area contributed by atoms with E-state index in [-0.39, 0.29) is 11.8 Å². The van der Waals surface area contributed by atoms with Crippen LogP contribution in [0.5, 0.6) is 0 Å². The van der Waals surface area contributed by atoms with Crippen molar-refractivity contribution in [3.8, 4) is 0 Å². The van der Waals surface area contributed by atoms with Crippen LogP contribution in [0.3, 0.4) is 0 Å². The van der Waals surface area contributed by atoms with E-state index in [9.17, 15) is 4.79 Å². The largest absolute Gasteiger partial charge is 0.380 e. The molecule has 1 rings (SSSR count). The molecule has 0 radical (unpaired) electrons. The number of hydrogen-bond acceptors (Lipinski definition) is 4. The second kappa shape index (κ2) is 7.74. The van der Waals surface area contributed by atoms with Gasteiger partial charge in [-0.1, -0.05) is 13.8 Å². The Hall–Kier alpha value is -1.62. The molecule has 0 fully saturated rings. The van der Waals surface area contributed by atoms with Crippen LogP contribution in [0.25, 0.3) is 0 Å². The molecule has 0 aliphatic carbocycles. The van der Waals surface area contributed by atoms with E-state index in [1.807, 2.05) is 13.0 Å². The lowest BCUT2D eigenvalue weighted by atomic mass is 10.1. The lowest BCUT2D eigenvalue weighted by Crippen LogP contribution is -2.27. The van der Waals surface area contributed by atoms with Crippen LogP contribution in [-0.2, 0) is 4.74 Å². The highest BCUT2D eigenvalue weighted by Gasteiger charge is 2.11. The van der Waals surface area contributed by atoms with Gasteiger partial charge in [-0.2, -0.15) is 0 Å². The standard InChI is InChI=1S/C14H23N3O2/c1-5-19-7-6-16-14(18)11-8-12(10(2)3)17-13(9-11)15-4/h8-10H,5-7H2,1-4H3,(H,15,17)(H,16,18). The second-order valence-corrected chi connectivity index (χ2v) is 4.52. The Morgan fingerprint density at radius 1 is 1.42 bits per heavy atom. The Kier molecular flexibility index (Phi) is 6.29. The van der Waals surface area contributed by atoms with Crippen molar-refractivity contribution in [1.29, 1.82) is 0 Å². The molecular weight excluding hydrogens is 242 g/mol. The zero-order valence-corrected chi connectivity index (χ0v) is 12.1. The number of ether oxygens (including phenoxy) is 1. The van der Waals surface area contributed by atoms with E-state index in [2.05, 4.69) is 29.5 Å². The summed E-state index contributed by atoms with van der Waals surface area (Å²) in [6.45, 7) is 7.74. The molecule has 2 N–H and O–H groups in total. The molecule has 0 unspecified atom stereocenters. The molecule has 0 spiro atoms. The summed E-state index contributed by atoms with van der Waals surface area (Å²) >= 11 is 0. The highest BCUT2D eigenvalue weighted by molar-refractivity contribution is 5.95. The van der Waals surface area contributed by atoms with E-state index in [1.54, 1.807) is 13.1 Å². The molecule has 0 aliphatic rings. The first-order valence-corrected chi connectivity index (χ1v) is 6.64. The molecule has 5 nitrogen and oxygen atoms in total. The molecule has 0 aromatic carbocycles. The van der Waals surface area contributed by atoms with Gasteiger partial charge in [0.1, 0.15) is 5.82 Å². The zero-order valence-electron chi connectivity index (χ0n) is 12.1. The van der Waals surface area contributed by atoms with Gasteiger partial charge >= 0.3 is 0 Å². The predicted molar refractivity (Wildman–Crippen MR) is 76.7 cm³/mol. The van der Waals surface area contributed by atoms with Crippen LogP contribution in [0.15, 0.2) is 12.1 Å². The number of rotatable bonds is 7. The fraction of sp³-hybridized carbons (Fsp3) is 0.571. The Morgan fingerprint density at radius 2 is 2.16 bits per heavy atom. The Labute approximate surface area is 114 Å². The van der Waals surface area contributed by atoms with Crippen molar-refractivity contribution < 1.29 is 9.53 Å². The minimum atomic E-state index is -0.0968. The summed E-state index contributed by atoms with van der Waals surface area (Å²) in [6.07, 6.45) is 0. The molecule has 1 amide bonds. The lowest BCUT2D eigenvalue weighted by Gasteiger charge is -2.11. The molecule has 1 aromatic heterocycles. The Morgan fingerprint density at radius 3 is 2.74 bits per heavy atom. The maximum absolute atomic E-state index is 12.0. The highest BCUT2D eigenvalue weighted by Crippen LogP contribution is 2.17. The van der Waals surface area contributed by atoms with Crippen molar-refractivity contribution in [2.24, 2.45) is 0 Å². The number of hydrogen-bond donors (Lipinski definition) is 2. The van der Waals surface area contributed by atoms with E-state index < -0.39 is 0 Å². The molecule has 1 aromatic rings. The van der Waals surface area contributed by atoms with Gasteiger partial charge in [0.05, 0.1) is 6.61 Å². The van der Waals surface area contributed by atoms with Crippen LogP contribution in [0.1, 0.15) is 42.7 Å². The van der Waals surface area contributed by atoms with Gasteiger partial charge in [0.15, 0.2) is 0 Å². The van der Waals surface area contributed by atoms with E-state index in [0.29, 0.717) is 31.1 Å². The first kappa shape index (κ1) is 15.4. The van der Waals surface area contributed by atoms with Gasteiger partial charge in [-0.15, -0.1) is 0 Å². The van der Waals surface area contributed by atoms with Crippen molar-refractivity contribution in [2.45, 2.75) is 26.7 Å². The van der Waals surface area contributed by atoms with E-state index in [1.165, 1.54) is 0 Å². The molecule has 0 aliphatic heterocycles. The van der Waals surface area contributed by atoms with Crippen molar-refractivity contribution in [3.05, 3.63) is 23.4 Å². The van der Waals surface area contributed by atoms with E-state index in [4.69, 9.17) is 4.74 Å². The van der Waals surface area contributed by atoms with Crippen LogP contribution in [0.2, 0.25) is 0 Å². The normalized spacial score (nSPS) is 10.6.